The second kappa shape index (κ2) is 5.81. The Balaban J connectivity index is 1.94. The fourth-order valence-corrected chi connectivity index (χ4v) is 3.55. The molecule has 22 heavy (non-hydrogen) atoms. The van der Waals surface area contributed by atoms with Crippen molar-refractivity contribution in [1.29, 1.82) is 0 Å². The highest BCUT2D eigenvalue weighted by Gasteiger charge is 2.18. The fraction of sp³-hybridized carbons (Fsp3) is 0.286. The Morgan fingerprint density at radius 1 is 0.864 bits per heavy atom. The van der Waals surface area contributed by atoms with E-state index in [-0.39, 0.29) is 0 Å². The summed E-state index contributed by atoms with van der Waals surface area (Å²) < 4.78 is 0. The molecule has 108 valence electrons. The molecule has 1 aromatic carbocycles. The second-order valence-corrected chi connectivity index (χ2v) is 6.13. The molecule has 1 saturated carbocycles. The molecule has 0 radical (unpaired) electrons. The van der Waals surface area contributed by atoms with Crippen molar-refractivity contribution in [2.45, 2.75) is 38.5 Å². The van der Waals surface area contributed by atoms with Gasteiger partial charge in [-0.25, -0.2) is 4.98 Å². The standard InChI is InChI=1S/C21H19N/c1-2-8-17(9-3-1)20-15-18-10-5-4-7-16(18)12-13-21-19(20)11-6-14-22-21/h4-7,10-11,14H,1-3,8-9,15H2. The summed E-state index contributed by atoms with van der Waals surface area (Å²) in [6.07, 6.45) is 9.32. The van der Waals surface area contributed by atoms with Crippen LogP contribution in [0, 0.1) is 11.8 Å². The molecule has 0 amide bonds. The van der Waals surface area contributed by atoms with Crippen molar-refractivity contribution in [3.8, 4) is 11.8 Å². The summed E-state index contributed by atoms with van der Waals surface area (Å²) in [4.78, 5) is 4.53. The third-order valence-electron chi connectivity index (χ3n) is 4.72. The first-order chi connectivity index (χ1) is 10.9. The van der Waals surface area contributed by atoms with E-state index < -0.39 is 0 Å². The van der Waals surface area contributed by atoms with Crippen molar-refractivity contribution < 1.29 is 0 Å². The van der Waals surface area contributed by atoms with Crippen LogP contribution in [-0.4, -0.2) is 4.98 Å². The fourth-order valence-electron chi connectivity index (χ4n) is 3.55. The maximum absolute atomic E-state index is 4.53. The minimum absolute atomic E-state index is 0.935. The van der Waals surface area contributed by atoms with E-state index in [2.05, 4.69) is 47.2 Å². The summed E-state index contributed by atoms with van der Waals surface area (Å²) in [6, 6.07) is 12.8. The number of hydrogen-bond acceptors (Lipinski definition) is 1. The minimum Gasteiger partial charge on any atom is -0.247 e. The van der Waals surface area contributed by atoms with Gasteiger partial charge in [0.05, 0.1) is 0 Å². The molecule has 2 aliphatic carbocycles. The van der Waals surface area contributed by atoms with Crippen LogP contribution in [0.1, 0.15) is 54.5 Å². The molecule has 4 rings (SSSR count). The number of fused-ring (bicyclic) bond motifs is 2. The van der Waals surface area contributed by atoms with E-state index in [0.717, 1.165) is 17.7 Å². The molecule has 1 aromatic heterocycles. The van der Waals surface area contributed by atoms with Gasteiger partial charge >= 0.3 is 0 Å². The summed E-state index contributed by atoms with van der Waals surface area (Å²) in [6.45, 7) is 0. The first kappa shape index (κ1) is 13.3. The van der Waals surface area contributed by atoms with Crippen LogP contribution in [0.25, 0.3) is 5.57 Å². The lowest BCUT2D eigenvalue weighted by Crippen LogP contribution is -2.06. The minimum atomic E-state index is 0.935. The number of allylic oxidation sites excluding steroid dienone is 2. The van der Waals surface area contributed by atoms with E-state index in [1.54, 1.807) is 5.57 Å². The predicted molar refractivity (Wildman–Crippen MR) is 90.4 cm³/mol. The Morgan fingerprint density at radius 3 is 2.64 bits per heavy atom. The van der Waals surface area contributed by atoms with Gasteiger partial charge in [-0.05, 0) is 61.3 Å². The van der Waals surface area contributed by atoms with Crippen LogP contribution in [-0.2, 0) is 6.42 Å². The van der Waals surface area contributed by atoms with Crippen molar-refractivity contribution >= 4 is 5.57 Å². The molecule has 2 aromatic rings. The maximum Gasteiger partial charge on any atom is 0.120 e. The van der Waals surface area contributed by atoms with Crippen molar-refractivity contribution in [3.63, 3.8) is 0 Å². The molecule has 0 atom stereocenters. The summed E-state index contributed by atoms with van der Waals surface area (Å²) >= 11 is 0. The Labute approximate surface area is 132 Å². The number of hydrogen-bond donors (Lipinski definition) is 0. The maximum atomic E-state index is 4.53. The molecule has 0 aliphatic heterocycles. The lowest BCUT2D eigenvalue weighted by Gasteiger charge is -2.22. The van der Waals surface area contributed by atoms with Gasteiger partial charge in [0.25, 0.3) is 0 Å². The van der Waals surface area contributed by atoms with Gasteiger partial charge in [-0.2, -0.15) is 0 Å². The Kier molecular flexibility index (Phi) is 3.52. The first-order valence-corrected chi connectivity index (χ1v) is 8.18. The molecule has 0 bridgehead atoms. The van der Waals surface area contributed by atoms with Gasteiger partial charge < -0.3 is 0 Å². The second-order valence-electron chi connectivity index (χ2n) is 6.13. The number of rotatable bonds is 0. The van der Waals surface area contributed by atoms with Gasteiger partial charge in [0.2, 0.25) is 0 Å². The van der Waals surface area contributed by atoms with Gasteiger partial charge in [0.15, 0.2) is 0 Å². The molecule has 0 N–H and O–H groups in total. The molecule has 0 unspecified atom stereocenters. The summed E-state index contributed by atoms with van der Waals surface area (Å²) in [5.41, 5.74) is 7.78. The van der Waals surface area contributed by atoms with Crippen LogP contribution in [0.4, 0.5) is 0 Å². The van der Waals surface area contributed by atoms with Crippen molar-refractivity contribution in [2.75, 3.05) is 0 Å². The first-order valence-electron chi connectivity index (χ1n) is 8.18. The molecular weight excluding hydrogens is 266 g/mol. The number of benzene rings is 1. The Hall–Kier alpha value is -2.33. The summed E-state index contributed by atoms with van der Waals surface area (Å²) in [5, 5.41) is 0. The molecule has 0 spiro atoms. The van der Waals surface area contributed by atoms with Crippen LogP contribution in [0.3, 0.4) is 0 Å². The zero-order valence-corrected chi connectivity index (χ0v) is 12.7. The smallest absolute Gasteiger partial charge is 0.120 e. The summed E-state index contributed by atoms with van der Waals surface area (Å²) in [5.74, 6) is 6.60. The van der Waals surface area contributed by atoms with Crippen molar-refractivity contribution in [1.82, 2.24) is 4.98 Å². The highest BCUT2D eigenvalue weighted by Crippen LogP contribution is 2.34. The van der Waals surface area contributed by atoms with Crippen LogP contribution in [0.5, 0.6) is 0 Å². The molecule has 1 fully saturated rings. The zero-order valence-electron chi connectivity index (χ0n) is 12.7. The zero-order chi connectivity index (χ0) is 14.8. The molecular formula is C21H19N. The summed E-state index contributed by atoms with van der Waals surface area (Å²) in [7, 11) is 0. The largest absolute Gasteiger partial charge is 0.247 e. The van der Waals surface area contributed by atoms with E-state index in [1.165, 1.54) is 48.8 Å². The van der Waals surface area contributed by atoms with Gasteiger partial charge in [0, 0.05) is 17.3 Å². The number of nitrogens with zero attached hydrogens (tertiary/aromatic N) is 1. The van der Waals surface area contributed by atoms with Crippen LogP contribution >= 0.6 is 0 Å². The predicted octanol–water partition coefficient (Wildman–Crippen LogP) is 4.76. The topological polar surface area (TPSA) is 12.9 Å². The Morgan fingerprint density at radius 2 is 1.73 bits per heavy atom. The highest BCUT2D eigenvalue weighted by molar-refractivity contribution is 5.76. The Bertz CT molecular complexity index is 794. The van der Waals surface area contributed by atoms with Gasteiger partial charge in [-0.15, -0.1) is 0 Å². The molecule has 1 nitrogen and oxygen atoms in total. The monoisotopic (exact) mass is 285 g/mol. The molecule has 1 heteroatoms. The van der Waals surface area contributed by atoms with Gasteiger partial charge in [-0.3, -0.25) is 0 Å². The molecule has 2 aliphatic rings. The average molecular weight is 285 g/mol. The normalized spacial score (nSPS) is 16.7. The number of pyridine rings is 1. The SMILES string of the molecule is C1#Cc2ncccc2C(=C2CCCCC2)Cc2ccccc21. The van der Waals surface area contributed by atoms with Gasteiger partial charge in [0.1, 0.15) is 5.69 Å². The quantitative estimate of drug-likeness (QED) is 0.636. The third-order valence-corrected chi connectivity index (χ3v) is 4.72. The molecule has 0 saturated heterocycles. The van der Waals surface area contributed by atoms with Gasteiger partial charge in [-0.1, -0.05) is 42.2 Å². The highest BCUT2D eigenvalue weighted by atomic mass is 14.7. The van der Waals surface area contributed by atoms with E-state index in [9.17, 15) is 0 Å². The lowest BCUT2D eigenvalue weighted by molar-refractivity contribution is 0.599. The van der Waals surface area contributed by atoms with E-state index >= 15 is 0 Å². The van der Waals surface area contributed by atoms with E-state index in [4.69, 9.17) is 0 Å². The van der Waals surface area contributed by atoms with Crippen LogP contribution in [0.2, 0.25) is 0 Å². The van der Waals surface area contributed by atoms with Crippen LogP contribution in [0.15, 0.2) is 48.2 Å². The van der Waals surface area contributed by atoms with Crippen LogP contribution < -0.4 is 0 Å². The van der Waals surface area contributed by atoms with E-state index in [1.807, 2.05) is 12.3 Å². The van der Waals surface area contributed by atoms with E-state index in [0.29, 0.717) is 0 Å². The average Bonchev–Trinajstić information content (AvgIpc) is 2.58. The molecule has 1 heterocycles. The van der Waals surface area contributed by atoms with Crippen molar-refractivity contribution in [2.24, 2.45) is 0 Å². The van der Waals surface area contributed by atoms with Crippen molar-refractivity contribution in [3.05, 3.63) is 70.6 Å². The number of aromatic nitrogens is 1. The lowest BCUT2D eigenvalue weighted by atomic mass is 9.83. The third kappa shape index (κ3) is 2.46.